The van der Waals surface area contributed by atoms with Crippen molar-refractivity contribution in [2.24, 2.45) is 0 Å². The number of carbonyl (C=O) groups excluding carboxylic acids is 1. The average Bonchev–Trinajstić information content (AvgIpc) is 2.35. The fraction of sp³-hybridized carbons (Fsp3) is 0.750. The van der Waals surface area contributed by atoms with Gasteiger partial charge in [0.15, 0.2) is 0 Å². The van der Waals surface area contributed by atoms with Gasteiger partial charge in [-0.25, -0.2) is 4.79 Å². The van der Waals surface area contributed by atoms with Crippen molar-refractivity contribution in [3.8, 4) is 0 Å². The first-order valence-corrected chi connectivity index (χ1v) is 4.11. The van der Waals surface area contributed by atoms with Crippen LogP contribution in [0.1, 0.15) is 26.7 Å². The topological polar surface area (TPSA) is 72.8 Å². The van der Waals surface area contributed by atoms with Gasteiger partial charge < -0.3 is 14.6 Å². The Kier molecular flexibility index (Phi) is 5.67. The highest BCUT2D eigenvalue weighted by atomic mass is 16.8. The maximum atomic E-state index is 10.0. The molecule has 1 unspecified atom stereocenters. The van der Waals surface area contributed by atoms with Crippen LogP contribution in [0.25, 0.3) is 0 Å². The molecule has 5 nitrogen and oxygen atoms in total. The Hall–Kier alpha value is -1.26. The van der Waals surface area contributed by atoms with E-state index in [9.17, 15) is 9.59 Å². The highest BCUT2D eigenvalue weighted by molar-refractivity contribution is 5.66. The van der Waals surface area contributed by atoms with E-state index >= 15 is 0 Å². The van der Waals surface area contributed by atoms with Crippen LogP contribution in [0.5, 0.6) is 0 Å². The van der Waals surface area contributed by atoms with Crippen LogP contribution in [0.3, 0.4) is 0 Å². The monoisotopic (exact) mass is 190 g/mol. The van der Waals surface area contributed by atoms with Gasteiger partial charge in [0.1, 0.15) is 12.7 Å². The van der Waals surface area contributed by atoms with Crippen molar-refractivity contribution in [1.82, 2.24) is 0 Å². The van der Waals surface area contributed by atoms with Crippen molar-refractivity contribution in [2.45, 2.75) is 32.8 Å². The lowest BCUT2D eigenvalue weighted by Crippen LogP contribution is -2.01. The zero-order valence-electron chi connectivity index (χ0n) is 7.78. The summed E-state index contributed by atoms with van der Waals surface area (Å²) in [5.74, 6) is -0.711. The third-order valence-corrected chi connectivity index (χ3v) is 1.20. The lowest BCUT2D eigenvalue weighted by molar-refractivity contribution is -0.137. The molecule has 0 aromatic heterocycles. The van der Waals surface area contributed by atoms with Crippen molar-refractivity contribution >= 4 is 12.1 Å². The van der Waals surface area contributed by atoms with Gasteiger partial charge in [0.25, 0.3) is 0 Å². The summed E-state index contributed by atoms with van der Waals surface area (Å²) in [5, 5.41) is 7.91. The Bertz CT molecular complexity index is 177. The molecule has 0 aromatic rings. The second-order valence-corrected chi connectivity index (χ2v) is 2.63. The molecule has 1 N–H and O–H groups in total. The predicted molar refractivity (Wildman–Crippen MR) is 44.4 cm³/mol. The first kappa shape index (κ1) is 11.7. The molecule has 1 rings (SSSR count). The first-order chi connectivity index (χ1) is 6.06. The first-order valence-electron chi connectivity index (χ1n) is 4.11. The van der Waals surface area contributed by atoms with Crippen LogP contribution in [0.2, 0.25) is 0 Å². The van der Waals surface area contributed by atoms with Crippen LogP contribution in [0.15, 0.2) is 0 Å². The van der Waals surface area contributed by atoms with Crippen LogP contribution >= 0.6 is 0 Å². The molecule has 1 heterocycles. The van der Waals surface area contributed by atoms with Gasteiger partial charge in [-0.1, -0.05) is 6.92 Å². The number of carboxylic acids is 1. The molecule has 0 saturated carbocycles. The smallest absolute Gasteiger partial charge is 0.481 e. The van der Waals surface area contributed by atoms with Gasteiger partial charge in [-0.2, -0.15) is 0 Å². The molecule has 76 valence electrons. The van der Waals surface area contributed by atoms with E-state index in [2.05, 4.69) is 9.47 Å². The summed E-state index contributed by atoms with van der Waals surface area (Å²) in [6.07, 6.45) is 0.426. The van der Waals surface area contributed by atoms with E-state index in [1.165, 1.54) is 0 Å². The molecule has 1 aliphatic rings. The second kappa shape index (κ2) is 6.28. The molecular weight excluding hydrogens is 176 g/mol. The summed E-state index contributed by atoms with van der Waals surface area (Å²) in [5.41, 5.74) is 0. The van der Waals surface area contributed by atoms with Crippen LogP contribution < -0.4 is 0 Å². The molecule has 0 radical (unpaired) electrons. The van der Waals surface area contributed by atoms with Gasteiger partial charge in [-0.3, -0.25) is 4.79 Å². The van der Waals surface area contributed by atoms with Crippen LogP contribution in [0, 0.1) is 0 Å². The molecule has 0 aromatic carbocycles. The quantitative estimate of drug-likeness (QED) is 0.666. The van der Waals surface area contributed by atoms with E-state index in [4.69, 9.17) is 5.11 Å². The molecule has 0 bridgehead atoms. The van der Waals surface area contributed by atoms with Crippen LogP contribution in [0.4, 0.5) is 4.79 Å². The van der Waals surface area contributed by atoms with Crippen LogP contribution in [-0.2, 0) is 14.3 Å². The fourth-order valence-electron chi connectivity index (χ4n) is 0.632. The van der Waals surface area contributed by atoms with Gasteiger partial charge in [0.05, 0.1) is 0 Å². The Balaban J connectivity index is 0.000000226. The third-order valence-electron chi connectivity index (χ3n) is 1.20. The fourth-order valence-corrected chi connectivity index (χ4v) is 0.632. The summed E-state index contributed by atoms with van der Waals surface area (Å²) >= 11 is 0. The highest BCUT2D eigenvalue weighted by Gasteiger charge is 2.19. The van der Waals surface area contributed by atoms with E-state index in [0.29, 0.717) is 13.0 Å². The van der Waals surface area contributed by atoms with Gasteiger partial charge in [-0.15, -0.1) is 0 Å². The number of hydrogen-bond acceptors (Lipinski definition) is 4. The number of cyclic esters (lactones) is 2. The molecule has 1 fully saturated rings. The maximum Gasteiger partial charge on any atom is 0.508 e. The molecule has 1 atom stereocenters. The van der Waals surface area contributed by atoms with E-state index in [1.54, 1.807) is 6.92 Å². The molecule has 1 aliphatic heterocycles. The molecule has 13 heavy (non-hydrogen) atoms. The Morgan fingerprint density at radius 3 is 2.38 bits per heavy atom. The summed E-state index contributed by atoms with van der Waals surface area (Å²) in [4.78, 5) is 19.6. The number of ether oxygens (including phenoxy) is 2. The number of aliphatic carboxylic acids is 1. The number of carboxylic acid groups (broad SMARTS) is 1. The zero-order chi connectivity index (χ0) is 10.3. The third kappa shape index (κ3) is 7.11. The number of hydrogen-bond donors (Lipinski definition) is 1. The van der Waals surface area contributed by atoms with Crippen molar-refractivity contribution in [3.63, 3.8) is 0 Å². The van der Waals surface area contributed by atoms with Gasteiger partial charge in [-0.05, 0) is 13.3 Å². The SMILES string of the molecule is CC1COC(=O)O1.CCCC(=O)O. The predicted octanol–water partition coefficient (Wildman–Crippen LogP) is 1.41. The molecule has 5 heteroatoms. The minimum atomic E-state index is -0.711. The largest absolute Gasteiger partial charge is 0.508 e. The second-order valence-electron chi connectivity index (χ2n) is 2.63. The molecule has 0 aliphatic carbocycles. The molecule has 0 spiro atoms. The van der Waals surface area contributed by atoms with E-state index < -0.39 is 12.1 Å². The Morgan fingerprint density at radius 2 is 2.31 bits per heavy atom. The summed E-state index contributed by atoms with van der Waals surface area (Å²) in [7, 11) is 0. The van der Waals surface area contributed by atoms with Gasteiger partial charge in [0, 0.05) is 6.42 Å². The van der Waals surface area contributed by atoms with Crippen molar-refractivity contribution < 1.29 is 24.2 Å². The molecular formula is C8H14O5. The highest BCUT2D eigenvalue weighted by Crippen LogP contribution is 2.02. The Labute approximate surface area is 76.6 Å². The van der Waals surface area contributed by atoms with Gasteiger partial charge >= 0.3 is 12.1 Å². The van der Waals surface area contributed by atoms with E-state index in [-0.39, 0.29) is 6.10 Å². The normalized spacial score (nSPS) is 19.5. The molecule has 1 saturated heterocycles. The summed E-state index contributed by atoms with van der Waals surface area (Å²) < 4.78 is 8.90. The standard InChI is InChI=1S/C4H6O3.C4H8O2/c1-3-2-6-4(5)7-3;1-2-3-4(5)6/h3H,2H2,1H3;2-3H2,1H3,(H,5,6). The van der Waals surface area contributed by atoms with E-state index in [1.807, 2.05) is 6.92 Å². The van der Waals surface area contributed by atoms with Crippen molar-refractivity contribution in [3.05, 3.63) is 0 Å². The number of carbonyl (C=O) groups is 2. The van der Waals surface area contributed by atoms with Crippen molar-refractivity contribution in [2.75, 3.05) is 6.61 Å². The average molecular weight is 190 g/mol. The van der Waals surface area contributed by atoms with Gasteiger partial charge in [0.2, 0.25) is 0 Å². The van der Waals surface area contributed by atoms with E-state index in [0.717, 1.165) is 6.42 Å². The minimum absolute atomic E-state index is 0.0486. The molecule has 0 amide bonds. The van der Waals surface area contributed by atoms with Crippen LogP contribution in [-0.4, -0.2) is 29.9 Å². The zero-order valence-corrected chi connectivity index (χ0v) is 7.78. The lowest BCUT2D eigenvalue weighted by atomic mass is 10.4. The maximum absolute atomic E-state index is 10.0. The Morgan fingerprint density at radius 1 is 1.69 bits per heavy atom. The lowest BCUT2D eigenvalue weighted by Gasteiger charge is -1.90. The summed E-state index contributed by atoms with van der Waals surface area (Å²) in [6.45, 7) is 4.03. The minimum Gasteiger partial charge on any atom is -0.481 e. The van der Waals surface area contributed by atoms with Crippen molar-refractivity contribution in [1.29, 1.82) is 0 Å². The summed E-state index contributed by atoms with van der Waals surface area (Å²) in [6, 6.07) is 0. The number of rotatable bonds is 2.